The Morgan fingerprint density at radius 2 is 2.10 bits per heavy atom. The highest BCUT2D eigenvalue weighted by Gasteiger charge is 2.18. The molecule has 0 saturated heterocycles. The van der Waals surface area contributed by atoms with Gasteiger partial charge in [0.2, 0.25) is 0 Å². The van der Waals surface area contributed by atoms with Crippen molar-refractivity contribution in [2.75, 3.05) is 26.1 Å². The fourth-order valence-corrected chi connectivity index (χ4v) is 2.37. The first-order valence-corrected chi connectivity index (χ1v) is 6.85. The fourth-order valence-electron chi connectivity index (χ4n) is 2.37. The first-order valence-electron chi connectivity index (χ1n) is 6.85. The molecule has 110 valence electrons. The van der Waals surface area contributed by atoms with Crippen molar-refractivity contribution in [3.05, 3.63) is 35.5 Å². The molecule has 0 fully saturated rings. The molecule has 0 amide bonds. The molecule has 1 aromatic carbocycles. The second kappa shape index (κ2) is 5.97. The van der Waals surface area contributed by atoms with Crippen LogP contribution in [-0.2, 0) is 13.0 Å². The Balaban J connectivity index is 1.96. The Hall–Kier alpha value is -2.34. The molecule has 6 heteroatoms. The number of aromatic nitrogens is 2. The normalized spacial score (nSPS) is 13.4. The van der Waals surface area contributed by atoms with Gasteiger partial charge in [0.1, 0.15) is 11.6 Å². The SMILES string of the molecule is COc1cccc(Nc2nc(OC)nc3c2CCNC3)c1. The van der Waals surface area contributed by atoms with Gasteiger partial charge >= 0.3 is 6.01 Å². The van der Waals surface area contributed by atoms with Crippen molar-refractivity contribution in [3.63, 3.8) is 0 Å². The molecule has 6 nitrogen and oxygen atoms in total. The van der Waals surface area contributed by atoms with Crippen molar-refractivity contribution in [2.45, 2.75) is 13.0 Å². The van der Waals surface area contributed by atoms with Crippen molar-refractivity contribution < 1.29 is 9.47 Å². The van der Waals surface area contributed by atoms with Gasteiger partial charge in [0.05, 0.1) is 19.9 Å². The Morgan fingerprint density at radius 3 is 2.90 bits per heavy atom. The Morgan fingerprint density at radius 1 is 1.19 bits per heavy atom. The maximum atomic E-state index is 5.24. The third-order valence-corrected chi connectivity index (χ3v) is 3.43. The minimum atomic E-state index is 0.378. The van der Waals surface area contributed by atoms with Gasteiger partial charge in [-0.2, -0.15) is 9.97 Å². The van der Waals surface area contributed by atoms with Crippen molar-refractivity contribution >= 4 is 11.5 Å². The van der Waals surface area contributed by atoms with E-state index in [9.17, 15) is 0 Å². The van der Waals surface area contributed by atoms with E-state index in [0.29, 0.717) is 6.01 Å². The molecule has 2 aromatic rings. The number of anilines is 2. The minimum absolute atomic E-state index is 0.378. The third kappa shape index (κ3) is 2.90. The summed E-state index contributed by atoms with van der Waals surface area (Å²) in [5.74, 6) is 1.60. The second-order valence-corrected chi connectivity index (χ2v) is 4.77. The molecule has 0 unspecified atom stereocenters. The Bertz CT molecular complexity index is 646. The van der Waals surface area contributed by atoms with Crippen LogP contribution in [0.1, 0.15) is 11.3 Å². The number of fused-ring (bicyclic) bond motifs is 1. The van der Waals surface area contributed by atoms with Crippen LogP contribution in [0.2, 0.25) is 0 Å². The zero-order valence-corrected chi connectivity index (χ0v) is 12.1. The molecule has 2 heterocycles. The van der Waals surface area contributed by atoms with Crippen molar-refractivity contribution in [2.24, 2.45) is 0 Å². The van der Waals surface area contributed by atoms with E-state index in [1.807, 2.05) is 24.3 Å². The molecule has 1 aliphatic rings. The first kappa shape index (κ1) is 13.6. The summed E-state index contributed by atoms with van der Waals surface area (Å²) >= 11 is 0. The number of nitrogens with zero attached hydrogens (tertiary/aromatic N) is 2. The summed E-state index contributed by atoms with van der Waals surface area (Å²) in [5.41, 5.74) is 3.05. The maximum absolute atomic E-state index is 5.24. The summed E-state index contributed by atoms with van der Waals surface area (Å²) in [4.78, 5) is 8.85. The molecule has 1 aliphatic heterocycles. The molecule has 3 rings (SSSR count). The van der Waals surface area contributed by atoms with Crippen LogP contribution in [0.15, 0.2) is 24.3 Å². The lowest BCUT2D eigenvalue weighted by atomic mass is 10.1. The largest absolute Gasteiger partial charge is 0.497 e. The van der Waals surface area contributed by atoms with Crippen LogP contribution < -0.4 is 20.1 Å². The monoisotopic (exact) mass is 286 g/mol. The van der Waals surface area contributed by atoms with Crippen LogP contribution in [0.5, 0.6) is 11.8 Å². The molecule has 1 aromatic heterocycles. The Labute approximate surface area is 123 Å². The zero-order valence-electron chi connectivity index (χ0n) is 12.1. The molecule has 2 N–H and O–H groups in total. The van der Waals surface area contributed by atoms with Crippen molar-refractivity contribution in [3.8, 4) is 11.8 Å². The van der Waals surface area contributed by atoms with E-state index in [4.69, 9.17) is 9.47 Å². The van der Waals surface area contributed by atoms with Gasteiger partial charge < -0.3 is 20.1 Å². The van der Waals surface area contributed by atoms with E-state index in [1.165, 1.54) is 0 Å². The molecular weight excluding hydrogens is 268 g/mol. The van der Waals surface area contributed by atoms with E-state index in [1.54, 1.807) is 14.2 Å². The lowest BCUT2D eigenvalue weighted by Crippen LogP contribution is -2.26. The van der Waals surface area contributed by atoms with Crippen LogP contribution in [0, 0.1) is 0 Å². The topological polar surface area (TPSA) is 68.3 Å². The quantitative estimate of drug-likeness (QED) is 0.894. The zero-order chi connectivity index (χ0) is 14.7. The molecule has 0 radical (unpaired) electrons. The highest BCUT2D eigenvalue weighted by atomic mass is 16.5. The molecule has 0 bridgehead atoms. The molecule has 0 atom stereocenters. The molecule has 0 aliphatic carbocycles. The van der Waals surface area contributed by atoms with Crippen LogP contribution >= 0.6 is 0 Å². The summed E-state index contributed by atoms with van der Waals surface area (Å²) in [6.07, 6.45) is 0.894. The molecule has 0 spiro atoms. The Kier molecular flexibility index (Phi) is 3.87. The average Bonchev–Trinajstić information content (AvgIpc) is 2.55. The standard InChI is InChI=1S/C15H18N4O2/c1-20-11-5-3-4-10(8-11)17-14-12-6-7-16-9-13(12)18-15(19-14)21-2/h3-5,8,16H,6-7,9H2,1-2H3,(H,17,18,19). The summed E-state index contributed by atoms with van der Waals surface area (Å²) in [5, 5.41) is 6.65. The smallest absolute Gasteiger partial charge is 0.318 e. The van der Waals surface area contributed by atoms with Gasteiger partial charge in [-0.05, 0) is 25.1 Å². The first-order chi connectivity index (χ1) is 10.3. The van der Waals surface area contributed by atoms with Gasteiger partial charge in [0.15, 0.2) is 0 Å². The van der Waals surface area contributed by atoms with Gasteiger partial charge in [-0.1, -0.05) is 6.07 Å². The summed E-state index contributed by atoms with van der Waals surface area (Å²) in [7, 11) is 3.23. The minimum Gasteiger partial charge on any atom is -0.497 e. The van der Waals surface area contributed by atoms with E-state index >= 15 is 0 Å². The number of hydrogen-bond acceptors (Lipinski definition) is 6. The molecule has 21 heavy (non-hydrogen) atoms. The second-order valence-electron chi connectivity index (χ2n) is 4.77. The summed E-state index contributed by atoms with van der Waals surface area (Å²) in [6.45, 7) is 1.66. The molecular formula is C15H18N4O2. The van der Waals surface area contributed by atoms with Gasteiger partial charge in [0, 0.05) is 23.9 Å². The number of methoxy groups -OCH3 is 2. The average molecular weight is 286 g/mol. The van der Waals surface area contributed by atoms with E-state index in [0.717, 1.165) is 48.0 Å². The van der Waals surface area contributed by atoms with E-state index < -0.39 is 0 Å². The van der Waals surface area contributed by atoms with Crippen LogP contribution in [0.4, 0.5) is 11.5 Å². The van der Waals surface area contributed by atoms with E-state index in [-0.39, 0.29) is 0 Å². The predicted octanol–water partition coefficient (Wildman–Crippen LogP) is 1.88. The van der Waals surface area contributed by atoms with Crippen LogP contribution in [-0.4, -0.2) is 30.7 Å². The predicted molar refractivity (Wildman–Crippen MR) is 80.3 cm³/mol. The highest BCUT2D eigenvalue weighted by Crippen LogP contribution is 2.27. The van der Waals surface area contributed by atoms with Gasteiger partial charge in [-0.3, -0.25) is 0 Å². The molecule has 0 saturated carbocycles. The number of hydrogen-bond donors (Lipinski definition) is 2. The van der Waals surface area contributed by atoms with E-state index in [2.05, 4.69) is 20.6 Å². The summed E-state index contributed by atoms with van der Waals surface area (Å²) < 4.78 is 10.4. The van der Waals surface area contributed by atoms with Crippen molar-refractivity contribution in [1.82, 2.24) is 15.3 Å². The lowest BCUT2D eigenvalue weighted by molar-refractivity contribution is 0.376. The lowest BCUT2D eigenvalue weighted by Gasteiger charge is -2.20. The number of benzene rings is 1. The fraction of sp³-hybridized carbons (Fsp3) is 0.333. The van der Waals surface area contributed by atoms with Crippen LogP contribution in [0.25, 0.3) is 0 Å². The maximum Gasteiger partial charge on any atom is 0.318 e. The van der Waals surface area contributed by atoms with Gasteiger partial charge in [-0.25, -0.2) is 0 Å². The van der Waals surface area contributed by atoms with Crippen LogP contribution in [0.3, 0.4) is 0 Å². The van der Waals surface area contributed by atoms with Gasteiger partial charge in [-0.15, -0.1) is 0 Å². The number of nitrogens with one attached hydrogen (secondary N) is 2. The van der Waals surface area contributed by atoms with Gasteiger partial charge in [0.25, 0.3) is 0 Å². The number of rotatable bonds is 4. The number of ether oxygens (including phenoxy) is 2. The highest BCUT2D eigenvalue weighted by molar-refractivity contribution is 5.62. The summed E-state index contributed by atoms with van der Waals surface area (Å²) in [6, 6.07) is 8.13. The third-order valence-electron chi connectivity index (χ3n) is 3.43. The van der Waals surface area contributed by atoms with Crippen molar-refractivity contribution in [1.29, 1.82) is 0 Å².